The summed E-state index contributed by atoms with van der Waals surface area (Å²) in [6.45, 7) is 4.44. The highest BCUT2D eigenvalue weighted by Gasteiger charge is 2.51. The SMILES string of the molecule is CC[C@H](Cl)C(=O)N1C[C@H](COC)C2(CCC2)C1. The molecule has 0 aromatic rings. The third-order valence-electron chi connectivity index (χ3n) is 4.47. The van der Waals surface area contributed by atoms with E-state index in [4.69, 9.17) is 16.3 Å². The Hall–Kier alpha value is -0.280. The number of halogens is 1. The molecule has 1 spiro atoms. The van der Waals surface area contributed by atoms with Crippen molar-refractivity contribution >= 4 is 17.5 Å². The lowest BCUT2D eigenvalue weighted by molar-refractivity contribution is -0.130. The Morgan fingerprint density at radius 3 is 2.76 bits per heavy atom. The average Bonchev–Trinajstić information content (AvgIpc) is 2.67. The summed E-state index contributed by atoms with van der Waals surface area (Å²) in [4.78, 5) is 14.1. The summed E-state index contributed by atoms with van der Waals surface area (Å²) < 4.78 is 5.30. The summed E-state index contributed by atoms with van der Waals surface area (Å²) >= 11 is 6.05. The van der Waals surface area contributed by atoms with E-state index < -0.39 is 0 Å². The Kier molecular flexibility index (Phi) is 3.99. The van der Waals surface area contributed by atoms with Crippen LogP contribution in [0.4, 0.5) is 0 Å². The van der Waals surface area contributed by atoms with Gasteiger partial charge in [-0.15, -0.1) is 11.6 Å². The van der Waals surface area contributed by atoms with Gasteiger partial charge in [-0.2, -0.15) is 0 Å². The van der Waals surface area contributed by atoms with Crippen LogP contribution >= 0.6 is 11.6 Å². The predicted molar refractivity (Wildman–Crippen MR) is 68.2 cm³/mol. The monoisotopic (exact) mass is 259 g/mol. The molecule has 1 saturated heterocycles. The lowest BCUT2D eigenvalue weighted by atomic mass is 9.63. The highest BCUT2D eigenvalue weighted by molar-refractivity contribution is 6.30. The van der Waals surface area contributed by atoms with Crippen molar-refractivity contribution in [3.8, 4) is 0 Å². The summed E-state index contributed by atoms with van der Waals surface area (Å²) in [7, 11) is 1.74. The van der Waals surface area contributed by atoms with Gasteiger partial charge in [-0.3, -0.25) is 4.79 Å². The van der Waals surface area contributed by atoms with Crippen LogP contribution in [0.3, 0.4) is 0 Å². The zero-order valence-corrected chi connectivity index (χ0v) is 11.5. The summed E-state index contributed by atoms with van der Waals surface area (Å²) in [6.07, 6.45) is 4.48. The second-order valence-corrected chi connectivity index (χ2v) is 5.99. The van der Waals surface area contributed by atoms with Crippen LogP contribution in [0.2, 0.25) is 0 Å². The van der Waals surface area contributed by atoms with Gasteiger partial charge < -0.3 is 9.64 Å². The largest absolute Gasteiger partial charge is 0.384 e. The number of hydrogen-bond donors (Lipinski definition) is 0. The third-order valence-corrected chi connectivity index (χ3v) is 4.96. The first-order valence-electron chi connectivity index (χ1n) is 6.55. The number of carbonyl (C=O) groups is 1. The molecule has 0 aromatic heterocycles. The van der Waals surface area contributed by atoms with E-state index >= 15 is 0 Å². The highest BCUT2D eigenvalue weighted by atomic mass is 35.5. The second kappa shape index (κ2) is 5.15. The molecule has 0 bridgehead atoms. The first-order chi connectivity index (χ1) is 8.13. The first kappa shape index (κ1) is 13.2. The van der Waals surface area contributed by atoms with Crippen molar-refractivity contribution in [2.75, 3.05) is 26.8 Å². The third kappa shape index (κ3) is 2.32. The lowest BCUT2D eigenvalue weighted by Gasteiger charge is -2.42. The Bertz CT molecular complexity index is 291. The van der Waals surface area contributed by atoms with Gasteiger partial charge in [-0.1, -0.05) is 13.3 Å². The van der Waals surface area contributed by atoms with Gasteiger partial charge in [0.05, 0.1) is 6.61 Å². The summed E-state index contributed by atoms with van der Waals surface area (Å²) in [5.41, 5.74) is 0.343. The minimum Gasteiger partial charge on any atom is -0.384 e. The minimum absolute atomic E-state index is 0.110. The van der Waals surface area contributed by atoms with Crippen LogP contribution < -0.4 is 0 Å². The number of methoxy groups -OCH3 is 1. The second-order valence-electron chi connectivity index (χ2n) is 5.46. The van der Waals surface area contributed by atoms with Crippen molar-refractivity contribution in [1.82, 2.24) is 4.90 Å². The number of rotatable bonds is 4. The molecular formula is C13H22ClNO2. The number of ether oxygens (including phenoxy) is 1. The molecule has 0 aromatic carbocycles. The Labute approximate surface area is 108 Å². The number of nitrogens with zero attached hydrogens (tertiary/aromatic N) is 1. The number of alkyl halides is 1. The van der Waals surface area contributed by atoms with Gasteiger partial charge in [0.2, 0.25) is 5.91 Å². The lowest BCUT2D eigenvalue weighted by Crippen LogP contribution is -2.40. The molecule has 1 heterocycles. The average molecular weight is 260 g/mol. The molecule has 0 N–H and O–H groups in total. The summed E-state index contributed by atoms with van der Waals surface area (Å²) in [5.74, 6) is 0.616. The number of hydrogen-bond acceptors (Lipinski definition) is 2. The fraction of sp³-hybridized carbons (Fsp3) is 0.923. The fourth-order valence-corrected chi connectivity index (χ4v) is 3.34. The van der Waals surface area contributed by atoms with Gasteiger partial charge in [0.25, 0.3) is 0 Å². The molecule has 1 aliphatic heterocycles. The number of likely N-dealkylation sites (tertiary alicyclic amines) is 1. The zero-order chi connectivity index (χ0) is 12.5. The van der Waals surface area contributed by atoms with Crippen LogP contribution in [0.5, 0.6) is 0 Å². The molecular weight excluding hydrogens is 238 g/mol. The van der Waals surface area contributed by atoms with E-state index in [0.717, 1.165) is 19.7 Å². The fourth-order valence-electron chi connectivity index (χ4n) is 3.20. The molecule has 0 radical (unpaired) electrons. The van der Waals surface area contributed by atoms with Crippen molar-refractivity contribution in [3.05, 3.63) is 0 Å². The van der Waals surface area contributed by atoms with Crippen molar-refractivity contribution < 1.29 is 9.53 Å². The molecule has 1 saturated carbocycles. The van der Waals surface area contributed by atoms with Crippen molar-refractivity contribution in [2.45, 2.75) is 38.0 Å². The maximum Gasteiger partial charge on any atom is 0.240 e. The van der Waals surface area contributed by atoms with Gasteiger partial charge in [0.1, 0.15) is 5.38 Å². The van der Waals surface area contributed by atoms with Crippen LogP contribution in [-0.4, -0.2) is 43.0 Å². The molecule has 0 unspecified atom stereocenters. The van der Waals surface area contributed by atoms with Crippen molar-refractivity contribution in [3.63, 3.8) is 0 Å². The van der Waals surface area contributed by atoms with Gasteiger partial charge >= 0.3 is 0 Å². The smallest absolute Gasteiger partial charge is 0.240 e. The topological polar surface area (TPSA) is 29.5 Å². The molecule has 98 valence electrons. The number of carbonyl (C=O) groups excluding carboxylic acids is 1. The molecule has 2 fully saturated rings. The van der Waals surface area contributed by atoms with E-state index in [2.05, 4.69) is 0 Å². The summed E-state index contributed by atoms with van der Waals surface area (Å²) in [6, 6.07) is 0. The Balaban J connectivity index is 2.01. The van der Waals surface area contributed by atoms with E-state index in [9.17, 15) is 4.79 Å². The van der Waals surface area contributed by atoms with Gasteiger partial charge in [0, 0.05) is 26.1 Å². The van der Waals surface area contributed by atoms with Crippen molar-refractivity contribution in [1.29, 1.82) is 0 Å². The van der Waals surface area contributed by atoms with Crippen LogP contribution in [0.15, 0.2) is 0 Å². The minimum atomic E-state index is -0.353. The standard InChI is InChI=1S/C13H22ClNO2/c1-3-11(14)12(16)15-7-10(8-17-2)13(9-15)5-4-6-13/h10-11H,3-9H2,1-2H3/t10-,11+/m1/s1. The molecule has 17 heavy (non-hydrogen) atoms. The maximum atomic E-state index is 12.1. The van der Waals surface area contributed by atoms with Crippen LogP contribution in [-0.2, 0) is 9.53 Å². The first-order valence-corrected chi connectivity index (χ1v) is 6.98. The highest BCUT2D eigenvalue weighted by Crippen LogP contribution is 2.51. The predicted octanol–water partition coefficient (Wildman–Crippen LogP) is 2.28. The van der Waals surface area contributed by atoms with Gasteiger partial charge in [-0.25, -0.2) is 0 Å². The molecule has 1 amide bonds. The van der Waals surface area contributed by atoms with Crippen LogP contribution in [0.1, 0.15) is 32.6 Å². The quantitative estimate of drug-likeness (QED) is 0.725. The van der Waals surface area contributed by atoms with E-state index in [1.165, 1.54) is 19.3 Å². The van der Waals surface area contributed by atoms with E-state index in [1.54, 1.807) is 7.11 Å². The Morgan fingerprint density at radius 1 is 1.59 bits per heavy atom. The Morgan fingerprint density at radius 2 is 2.29 bits per heavy atom. The van der Waals surface area contributed by atoms with E-state index in [-0.39, 0.29) is 11.3 Å². The van der Waals surface area contributed by atoms with Crippen LogP contribution in [0, 0.1) is 11.3 Å². The molecule has 4 heteroatoms. The molecule has 2 rings (SSSR count). The number of amides is 1. The normalized spacial score (nSPS) is 28.2. The van der Waals surface area contributed by atoms with Crippen molar-refractivity contribution in [2.24, 2.45) is 11.3 Å². The zero-order valence-electron chi connectivity index (χ0n) is 10.7. The molecule has 1 aliphatic carbocycles. The summed E-state index contributed by atoms with van der Waals surface area (Å²) in [5, 5.41) is -0.353. The maximum absolute atomic E-state index is 12.1. The molecule has 2 atom stereocenters. The van der Waals surface area contributed by atoms with Crippen LogP contribution in [0.25, 0.3) is 0 Å². The van der Waals surface area contributed by atoms with E-state index in [1.807, 2.05) is 11.8 Å². The van der Waals surface area contributed by atoms with Gasteiger partial charge in [-0.05, 0) is 24.7 Å². The van der Waals surface area contributed by atoms with Gasteiger partial charge in [0.15, 0.2) is 0 Å². The van der Waals surface area contributed by atoms with E-state index in [0.29, 0.717) is 17.8 Å². The molecule has 3 nitrogen and oxygen atoms in total. The molecule has 2 aliphatic rings.